The molecule has 6 aromatic rings. The van der Waals surface area contributed by atoms with Crippen molar-refractivity contribution >= 4 is 29.4 Å². The highest BCUT2D eigenvalue weighted by Crippen LogP contribution is 2.33. The second-order valence-electron chi connectivity index (χ2n) is 11.6. The molecule has 1 aliphatic carbocycles. The molecule has 1 aliphatic rings. The number of ether oxygens (including phenoxy) is 2. The number of methoxy groups -OCH3 is 1. The summed E-state index contributed by atoms with van der Waals surface area (Å²) in [4.78, 5) is 35.0. The first-order valence-electron chi connectivity index (χ1n) is 15.7. The highest BCUT2D eigenvalue weighted by atomic mass is 32.2. The number of amides is 1. The Morgan fingerprint density at radius 2 is 1.59 bits per heavy atom. The van der Waals surface area contributed by atoms with Crippen molar-refractivity contribution in [2.45, 2.75) is 30.8 Å². The summed E-state index contributed by atoms with van der Waals surface area (Å²) in [6.07, 6.45) is 2.52. The van der Waals surface area contributed by atoms with E-state index in [9.17, 15) is 9.59 Å². The van der Waals surface area contributed by atoms with Crippen molar-refractivity contribution in [2.24, 2.45) is 0 Å². The number of anilines is 1. The number of nitrogens with zero attached hydrogens (tertiary/aromatic N) is 5. The molecule has 0 fully saturated rings. The summed E-state index contributed by atoms with van der Waals surface area (Å²) < 4.78 is 13.2. The normalized spacial score (nSPS) is 13.8. The van der Waals surface area contributed by atoms with Crippen molar-refractivity contribution in [3.8, 4) is 34.3 Å². The summed E-state index contributed by atoms with van der Waals surface area (Å²) >= 11 is 1.24. The predicted octanol–water partition coefficient (Wildman–Crippen LogP) is 7.48. The first-order valence-corrected chi connectivity index (χ1v) is 16.7. The predicted molar refractivity (Wildman–Crippen MR) is 188 cm³/mol. The number of hydrogen-bond donors (Lipinski definition) is 1. The Labute approximate surface area is 287 Å². The van der Waals surface area contributed by atoms with E-state index in [1.807, 2.05) is 90.4 Å². The summed E-state index contributed by atoms with van der Waals surface area (Å²) in [5.74, 6) is 2.66. The van der Waals surface area contributed by atoms with Crippen molar-refractivity contribution in [1.29, 1.82) is 0 Å². The number of carbonyl (C=O) groups excluding carboxylic acids is 2. The zero-order valence-corrected chi connectivity index (χ0v) is 27.7. The Kier molecular flexibility index (Phi) is 9.16. The van der Waals surface area contributed by atoms with Gasteiger partial charge in [0.25, 0.3) is 0 Å². The van der Waals surface area contributed by atoms with E-state index in [4.69, 9.17) is 9.47 Å². The zero-order chi connectivity index (χ0) is 33.7. The van der Waals surface area contributed by atoms with Crippen LogP contribution in [-0.4, -0.2) is 49.3 Å². The minimum absolute atomic E-state index is 0.00641. The number of carbonyl (C=O) groups is 2. The summed E-state index contributed by atoms with van der Waals surface area (Å²) in [5, 5.41) is 12.3. The van der Waals surface area contributed by atoms with Gasteiger partial charge in [0, 0.05) is 23.9 Å². The van der Waals surface area contributed by atoms with Gasteiger partial charge in [-0.05, 0) is 85.5 Å². The average Bonchev–Trinajstić information content (AvgIpc) is 3.55. The molecule has 1 atom stereocenters. The number of aromatic nitrogens is 5. The Balaban J connectivity index is 1.09. The number of fused-ring (bicyclic) bond motifs is 1. The molecule has 0 spiro atoms. The number of hydrogen-bond acceptors (Lipinski definition) is 9. The van der Waals surface area contributed by atoms with Crippen LogP contribution in [0.2, 0.25) is 0 Å². The van der Waals surface area contributed by atoms with Crippen LogP contribution in [0.3, 0.4) is 0 Å². The number of aryl methyl sites for hydroxylation is 1. The lowest BCUT2D eigenvalue weighted by molar-refractivity contribution is -0.113. The lowest BCUT2D eigenvalue weighted by Gasteiger charge is -2.23. The van der Waals surface area contributed by atoms with E-state index < -0.39 is 0 Å². The van der Waals surface area contributed by atoms with Crippen molar-refractivity contribution in [3.05, 3.63) is 132 Å². The maximum absolute atomic E-state index is 13.2. The molecule has 1 N–H and O–H groups in total. The van der Waals surface area contributed by atoms with Gasteiger partial charge >= 0.3 is 0 Å². The average molecular weight is 669 g/mol. The van der Waals surface area contributed by atoms with Gasteiger partial charge in [0.15, 0.2) is 16.8 Å². The van der Waals surface area contributed by atoms with Gasteiger partial charge < -0.3 is 9.47 Å². The summed E-state index contributed by atoms with van der Waals surface area (Å²) in [5.41, 5.74) is 5.04. The molecule has 0 aliphatic heterocycles. The lowest BCUT2D eigenvalue weighted by atomic mass is 9.82. The minimum Gasteiger partial charge on any atom is -0.497 e. The Morgan fingerprint density at radius 1 is 0.878 bits per heavy atom. The van der Waals surface area contributed by atoms with Gasteiger partial charge in [-0.2, -0.15) is 0 Å². The van der Waals surface area contributed by atoms with Gasteiger partial charge in [-0.25, -0.2) is 9.97 Å². The fourth-order valence-corrected chi connectivity index (χ4v) is 6.43. The maximum atomic E-state index is 13.2. The molecule has 4 aromatic carbocycles. The highest BCUT2D eigenvalue weighted by Gasteiger charge is 2.28. The Bertz CT molecular complexity index is 2100. The van der Waals surface area contributed by atoms with Gasteiger partial charge in [-0.3, -0.25) is 19.5 Å². The zero-order valence-electron chi connectivity index (χ0n) is 26.9. The standard InChI is InChI=1S/C38H32N6O4S/c1-24-8-10-25(11-9-24)27-20-33-32(34(45)21-27)22-39-37(40-33)41-35(46)23-49-38-43-42-36(26-12-16-29(47-2)17-13-26)44(38)28-14-18-31(19-15-28)48-30-6-4-3-5-7-30/h3-19,22,27H,20-21,23H2,1-2H3,(H,39,40,41,46)/t27-/m1/s1. The van der Waals surface area contributed by atoms with Crippen LogP contribution >= 0.6 is 11.8 Å². The quantitative estimate of drug-likeness (QED) is 0.148. The van der Waals surface area contributed by atoms with Gasteiger partial charge in [0.2, 0.25) is 11.9 Å². The molecule has 10 nitrogen and oxygen atoms in total. The molecule has 244 valence electrons. The monoisotopic (exact) mass is 668 g/mol. The second kappa shape index (κ2) is 14.1. The van der Waals surface area contributed by atoms with E-state index >= 15 is 0 Å². The number of para-hydroxylation sites is 1. The third-order valence-corrected chi connectivity index (χ3v) is 9.16. The van der Waals surface area contributed by atoms with E-state index in [0.717, 1.165) is 33.9 Å². The molecule has 0 bridgehead atoms. The molecule has 2 heterocycles. The van der Waals surface area contributed by atoms with E-state index in [1.165, 1.54) is 18.0 Å². The molecule has 0 saturated carbocycles. The molecule has 2 aromatic heterocycles. The smallest absolute Gasteiger partial charge is 0.237 e. The van der Waals surface area contributed by atoms with Gasteiger partial charge in [0.05, 0.1) is 24.1 Å². The third-order valence-electron chi connectivity index (χ3n) is 8.23. The van der Waals surface area contributed by atoms with E-state index in [-0.39, 0.29) is 29.3 Å². The largest absolute Gasteiger partial charge is 0.497 e. The topological polar surface area (TPSA) is 121 Å². The van der Waals surface area contributed by atoms with Crippen LogP contribution in [0.5, 0.6) is 17.2 Å². The molecule has 0 saturated heterocycles. The highest BCUT2D eigenvalue weighted by molar-refractivity contribution is 7.99. The molecule has 0 unspecified atom stereocenters. The van der Waals surface area contributed by atoms with Crippen molar-refractivity contribution < 1.29 is 19.1 Å². The SMILES string of the molecule is COc1ccc(-c2nnc(SCC(=O)Nc3ncc4c(n3)C[C@@H](c3ccc(C)cc3)CC4=O)n2-c2ccc(Oc3ccccc3)cc2)cc1. The number of rotatable bonds is 10. The van der Waals surface area contributed by atoms with Gasteiger partial charge in [-0.1, -0.05) is 59.8 Å². The second-order valence-corrected chi connectivity index (χ2v) is 12.6. The summed E-state index contributed by atoms with van der Waals surface area (Å²) in [7, 11) is 1.62. The van der Waals surface area contributed by atoms with Gasteiger partial charge in [0.1, 0.15) is 17.2 Å². The summed E-state index contributed by atoms with van der Waals surface area (Å²) in [6.45, 7) is 2.04. The number of benzene rings is 4. The molecule has 11 heteroatoms. The van der Waals surface area contributed by atoms with Gasteiger partial charge in [-0.15, -0.1) is 10.2 Å². The number of Topliss-reactive ketones (excluding diaryl/α,β-unsaturated/α-hetero) is 1. The van der Waals surface area contributed by atoms with E-state index in [1.54, 1.807) is 7.11 Å². The van der Waals surface area contributed by atoms with Crippen molar-refractivity contribution in [1.82, 2.24) is 24.7 Å². The van der Waals surface area contributed by atoms with E-state index in [2.05, 4.69) is 49.7 Å². The summed E-state index contributed by atoms with van der Waals surface area (Å²) in [6, 6.07) is 32.9. The molecule has 0 radical (unpaired) electrons. The number of thioether (sulfide) groups is 1. The number of ketones is 1. The van der Waals surface area contributed by atoms with Crippen molar-refractivity contribution in [3.63, 3.8) is 0 Å². The fraction of sp³-hybridized carbons (Fsp3) is 0.158. The number of nitrogens with one attached hydrogen (secondary N) is 1. The minimum atomic E-state index is -0.311. The van der Waals surface area contributed by atoms with Crippen LogP contribution < -0.4 is 14.8 Å². The van der Waals surface area contributed by atoms with Crippen LogP contribution in [0.25, 0.3) is 17.1 Å². The van der Waals surface area contributed by atoms with Crippen LogP contribution in [0.15, 0.2) is 114 Å². The Hall–Kier alpha value is -5.81. The van der Waals surface area contributed by atoms with Crippen molar-refractivity contribution in [2.75, 3.05) is 18.2 Å². The fourth-order valence-electron chi connectivity index (χ4n) is 5.68. The molecule has 49 heavy (non-hydrogen) atoms. The van der Waals surface area contributed by atoms with Crippen LogP contribution in [-0.2, 0) is 11.2 Å². The maximum Gasteiger partial charge on any atom is 0.237 e. The first-order chi connectivity index (χ1) is 23.9. The molecule has 1 amide bonds. The Morgan fingerprint density at radius 3 is 2.33 bits per heavy atom. The molecular formula is C38H32N6O4S. The molecule has 7 rings (SSSR count). The van der Waals surface area contributed by atoms with Crippen LogP contribution in [0.4, 0.5) is 5.95 Å². The van der Waals surface area contributed by atoms with Crippen LogP contribution in [0.1, 0.15) is 39.5 Å². The third kappa shape index (κ3) is 7.21. The lowest BCUT2D eigenvalue weighted by Crippen LogP contribution is -2.23. The molecular weight excluding hydrogens is 637 g/mol. The van der Waals surface area contributed by atoms with E-state index in [0.29, 0.717) is 40.8 Å². The van der Waals surface area contributed by atoms with Crippen LogP contribution in [0, 0.1) is 6.92 Å². The first kappa shape index (κ1) is 31.8.